The van der Waals surface area contributed by atoms with E-state index < -0.39 is 11.4 Å². The average Bonchev–Trinajstić information content (AvgIpc) is 3.06. The van der Waals surface area contributed by atoms with Gasteiger partial charge in [0.1, 0.15) is 0 Å². The molecule has 31 heavy (non-hydrogen) atoms. The van der Waals surface area contributed by atoms with E-state index in [0.29, 0.717) is 29.5 Å². The summed E-state index contributed by atoms with van der Waals surface area (Å²) in [5, 5.41) is 23.7. The lowest BCUT2D eigenvalue weighted by atomic mass is 9.44. The van der Waals surface area contributed by atoms with Crippen LogP contribution in [0.5, 0.6) is 0 Å². The normalized spacial score (nSPS) is 43.0. The summed E-state index contributed by atoms with van der Waals surface area (Å²) in [6.07, 6.45) is 8.04. The molecule has 0 amide bonds. The number of anilines is 1. The van der Waals surface area contributed by atoms with E-state index in [9.17, 15) is 19.8 Å². The van der Waals surface area contributed by atoms with E-state index in [2.05, 4.69) is 12.2 Å². The molecule has 7 atom stereocenters. The Morgan fingerprint density at radius 3 is 2.65 bits per heavy atom. The quantitative estimate of drug-likeness (QED) is 0.591. The summed E-state index contributed by atoms with van der Waals surface area (Å²) in [5.41, 5.74) is 1.28. The van der Waals surface area contributed by atoms with Crippen LogP contribution in [0.3, 0.4) is 0 Å². The van der Waals surface area contributed by atoms with E-state index in [1.165, 1.54) is 0 Å². The highest BCUT2D eigenvalue weighted by Crippen LogP contribution is 2.63. The molecule has 0 radical (unpaired) electrons. The van der Waals surface area contributed by atoms with Gasteiger partial charge in [0, 0.05) is 11.3 Å². The van der Waals surface area contributed by atoms with Crippen LogP contribution in [-0.4, -0.2) is 28.1 Å². The van der Waals surface area contributed by atoms with Gasteiger partial charge in [0.2, 0.25) is 5.78 Å². The van der Waals surface area contributed by atoms with Crippen LogP contribution in [0.2, 0.25) is 0 Å². The van der Waals surface area contributed by atoms with Crippen molar-refractivity contribution in [2.75, 3.05) is 5.32 Å². The van der Waals surface area contributed by atoms with Crippen LogP contribution in [0, 0.1) is 34.5 Å². The number of allylic oxidation sites excluding steroid dienone is 2. The van der Waals surface area contributed by atoms with Gasteiger partial charge in [0.05, 0.1) is 17.2 Å². The Hall–Kier alpha value is -2.14. The zero-order chi connectivity index (χ0) is 22.0. The van der Waals surface area contributed by atoms with Gasteiger partial charge in [-0.05, 0) is 93.1 Å². The zero-order valence-corrected chi connectivity index (χ0v) is 18.4. The second kappa shape index (κ2) is 7.19. The summed E-state index contributed by atoms with van der Waals surface area (Å²) in [5.74, 6) is 0.210. The van der Waals surface area contributed by atoms with E-state index in [1.807, 2.05) is 37.3 Å². The molecule has 4 unspecified atom stereocenters. The third-order valence-electron chi connectivity index (χ3n) is 9.41. The van der Waals surface area contributed by atoms with Gasteiger partial charge in [0.15, 0.2) is 0 Å². The highest BCUT2D eigenvalue weighted by molar-refractivity contribution is 6.18. The van der Waals surface area contributed by atoms with E-state index in [4.69, 9.17) is 0 Å². The van der Waals surface area contributed by atoms with E-state index in [1.54, 1.807) is 0 Å². The van der Waals surface area contributed by atoms with Crippen LogP contribution in [0.1, 0.15) is 69.2 Å². The largest absolute Gasteiger partial charge is 0.481 e. The Morgan fingerprint density at radius 2 is 1.90 bits per heavy atom. The summed E-state index contributed by atoms with van der Waals surface area (Å²) in [4.78, 5) is 25.5. The van der Waals surface area contributed by atoms with Gasteiger partial charge < -0.3 is 15.5 Å². The fraction of sp³-hybridized carbons (Fsp3) is 0.615. The molecule has 4 aliphatic rings. The van der Waals surface area contributed by atoms with Crippen molar-refractivity contribution in [1.82, 2.24) is 0 Å². The Balaban J connectivity index is 1.52. The number of nitrogens with one attached hydrogen (secondary N) is 1. The predicted octanol–water partition coefficient (Wildman–Crippen LogP) is 4.87. The highest BCUT2D eigenvalue weighted by Gasteiger charge is 2.58. The van der Waals surface area contributed by atoms with Crippen molar-refractivity contribution in [3.05, 3.63) is 41.6 Å². The van der Waals surface area contributed by atoms with Crippen molar-refractivity contribution in [3.8, 4) is 0 Å². The third-order valence-corrected chi connectivity index (χ3v) is 9.41. The number of fused-ring (bicyclic) bond motifs is 4. The predicted molar refractivity (Wildman–Crippen MR) is 119 cm³/mol. The number of aliphatic hydroxyl groups excluding tert-OH is 1. The number of hydrogen-bond acceptors (Lipinski definition) is 4. The molecule has 1 aliphatic heterocycles. The fourth-order valence-corrected chi connectivity index (χ4v) is 7.48. The number of aliphatic carboxylic acids is 1. The molecule has 3 N–H and O–H groups in total. The van der Waals surface area contributed by atoms with Crippen LogP contribution in [-0.2, 0) is 4.79 Å². The van der Waals surface area contributed by atoms with E-state index in [0.717, 1.165) is 44.2 Å². The van der Waals surface area contributed by atoms with Gasteiger partial charge in [-0.2, -0.15) is 0 Å². The van der Waals surface area contributed by atoms with E-state index in [-0.39, 0.29) is 29.1 Å². The number of para-hydroxylation sites is 1. The Kier molecular flexibility index (Phi) is 4.81. The molecule has 3 aliphatic carbocycles. The minimum absolute atomic E-state index is 0.0360. The molecular weight excluding hydrogens is 390 g/mol. The minimum Gasteiger partial charge on any atom is -0.481 e. The molecule has 1 heterocycles. The second-order valence-electron chi connectivity index (χ2n) is 10.8. The first-order valence-electron chi connectivity index (χ1n) is 11.8. The molecule has 0 saturated heterocycles. The zero-order valence-electron chi connectivity index (χ0n) is 18.4. The maximum atomic E-state index is 13.0. The van der Waals surface area contributed by atoms with Crippen LogP contribution in [0.25, 0.3) is 0 Å². The number of Topliss-reactive ketones (excluding diaryl/α,β-unsaturated/α-hetero) is 1. The van der Waals surface area contributed by atoms with Crippen molar-refractivity contribution in [1.29, 1.82) is 0 Å². The van der Waals surface area contributed by atoms with Crippen molar-refractivity contribution >= 4 is 17.4 Å². The highest BCUT2D eigenvalue weighted by atomic mass is 16.4. The first-order chi connectivity index (χ1) is 14.7. The maximum absolute atomic E-state index is 13.0. The number of carbonyl (C=O) groups excluding carboxylic acids is 1. The Morgan fingerprint density at radius 1 is 1.13 bits per heavy atom. The first kappa shape index (κ1) is 20.7. The van der Waals surface area contributed by atoms with Crippen molar-refractivity contribution in [2.45, 2.75) is 64.9 Å². The number of carboxylic acid groups (broad SMARTS) is 1. The molecule has 3 fully saturated rings. The molecule has 0 bridgehead atoms. The summed E-state index contributed by atoms with van der Waals surface area (Å²) in [7, 11) is 0. The molecule has 5 heteroatoms. The van der Waals surface area contributed by atoms with Gasteiger partial charge in [-0.25, -0.2) is 0 Å². The number of carbonyl (C=O) groups is 2. The number of ketones is 1. The fourth-order valence-electron chi connectivity index (χ4n) is 7.48. The molecule has 1 aromatic carbocycles. The number of hydrogen-bond donors (Lipinski definition) is 3. The number of aliphatic hydroxyl groups is 1. The van der Waals surface area contributed by atoms with Crippen LogP contribution in [0.4, 0.5) is 5.69 Å². The van der Waals surface area contributed by atoms with Crippen LogP contribution in [0.15, 0.2) is 36.0 Å². The molecule has 5 nitrogen and oxygen atoms in total. The summed E-state index contributed by atoms with van der Waals surface area (Å²) >= 11 is 0. The van der Waals surface area contributed by atoms with Gasteiger partial charge in [-0.1, -0.05) is 25.1 Å². The van der Waals surface area contributed by atoms with Crippen LogP contribution < -0.4 is 5.32 Å². The Labute approximate surface area is 183 Å². The smallest absolute Gasteiger partial charge is 0.309 e. The molecule has 5 rings (SSSR count). The third kappa shape index (κ3) is 3.07. The van der Waals surface area contributed by atoms with Gasteiger partial charge in [0.25, 0.3) is 0 Å². The lowest BCUT2D eigenvalue weighted by Gasteiger charge is -2.60. The monoisotopic (exact) mass is 423 g/mol. The maximum Gasteiger partial charge on any atom is 0.309 e. The molecule has 1 aromatic rings. The van der Waals surface area contributed by atoms with Crippen molar-refractivity contribution in [3.63, 3.8) is 0 Å². The number of benzene rings is 1. The number of carboxylic acids is 1. The summed E-state index contributed by atoms with van der Waals surface area (Å²) in [6, 6.07) is 7.48. The lowest BCUT2D eigenvalue weighted by molar-refractivity contribution is -0.164. The molecule has 0 spiro atoms. The van der Waals surface area contributed by atoms with Gasteiger partial charge in [-0.3, -0.25) is 9.59 Å². The SMILES string of the molecule is C[C@]12CC[C@@H](O)CC1CCC1C2CC[C@](C)(C(=O)O)C1/C=C1/Nc2ccccc2C1=O. The van der Waals surface area contributed by atoms with Crippen molar-refractivity contribution in [2.24, 2.45) is 34.5 Å². The van der Waals surface area contributed by atoms with Gasteiger partial charge >= 0.3 is 5.97 Å². The van der Waals surface area contributed by atoms with Crippen LogP contribution >= 0.6 is 0 Å². The molecular formula is C26H33NO4. The topological polar surface area (TPSA) is 86.6 Å². The molecule has 3 saturated carbocycles. The van der Waals surface area contributed by atoms with Crippen molar-refractivity contribution < 1.29 is 19.8 Å². The number of rotatable bonds is 2. The standard InChI is InChI=1S/C26H33NO4/c1-25-11-9-16(28)13-15(25)7-8-17-19(25)10-12-26(2,24(30)31)20(17)14-22-23(29)18-5-3-4-6-21(18)27-22/h3-6,14-17,19-20,27-28H,7-13H2,1-2H3,(H,30,31)/b22-14+/t15?,16-,17?,19?,20?,25+,26+/m1/s1. The lowest BCUT2D eigenvalue weighted by Crippen LogP contribution is -2.55. The minimum atomic E-state index is -0.873. The van der Waals surface area contributed by atoms with Gasteiger partial charge in [-0.15, -0.1) is 0 Å². The first-order valence-corrected chi connectivity index (χ1v) is 11.8. The summed E-state index contributed by atoms with van der Waals surface area (Å²) < 4.78 is 0. The second-order valence-corrected chi connectivity index (χ2v) is 10.8. The van der Waals surface area contributed by atoms with E-state index >= 15 is 0 Å². The Bertz CT molecular complexity index is 954. The average molecular weight is 424 g/mol. The summed E-state index contributed by atoms with van der Waals surface area (Å²) in [6.45, 7) is 4.25. The molecule has 166 valence electrons. The molecule has 0 aromatic heterocycles.